The van der Waals surface area contributed by atoms with E-state index in [0.717, 1.165) is 11.1 Å². The summed E-state index contributed by atoms with van der Waals surface area (Å²) < 4.78 is 11.1. The summed E-state index contributed by atoms with van der Waals surface area (Å²) in [5.41, 5.74) is 3.07. The number of ketones is 1. The van der Waals surface area contributed by atoms with Crippen LogP contribution in [0.5, 0.6) is 11.5 Å². The number of aliphatic hydroxyl groups excluding tert-OH is 1. The zero-order chi connectivity index (χ0) is 24.2. The molecule has 1 fully saturated rings. The molecule has 0 aliphatic carbocycles. The quantitative estimate of drug-likeness (QED) is 0.306. The second-order valence-corrected chi connectivity index (χ2v) is 8.12. The lowest BCUT2D eigenvalue weighted by atomic mass is 9.94. The van der Waals surface area contributed by atoms with Crippen LogP contribution < -0.4 is 9.47 Å². The largest absolute Gasteiger partial charge is 0.507 e. The zero-order valence-electron chi connectivity index (χ0n) is 19.4. The van der Waals surface area contributed by atoms with Gasteiger partial charge in [-0.05, 0) is 37.1 Å². The maximum absolute atomic E-state index is 13.2. The van der Waals surface area contributed by atoms with Gasteiger partial charge in [0.05, 0.1) is 25.3 Å². The molecule has 1 amide bonds. The van der Waals surface area contributed by atoms with Crippen LogP contribution in [0.2, 0.25) is 0 Å². The molecule has 6 nitrogen and oxygen atoms in total. The third-order valence-electron chi connectivity index (χ3n) is 5.86. The van der Waals surface area contributed by atoms with E-state index in [1.165, 1.54) is 12.0 Å². The number of hydrogen-bond donors (Lipinski definition) is 1. The van der Waals surface area contributed by atoms with Crippen LogP contribution in [-0.2, 0) is 16.1 Å². The van der Waals surface area contributed by atoms with Crippen LogP contribution in [0.25, 0.3) is 5.76 Å². The number of benzene rings is 3. The summed E-state index contributed by atoms with van der Waals surface area (Å²) in [5.74, 6) is -0.527. The fourth-order valence-electron chi connectivity index (χ4n) is 4.17. The molecule has 1 N–H and O–H groups in total. The highest BCUT2D eigenvalue weighted by atomic mass is 16.5. The molecule has 6 heteroatoms. The van der Waals surface area contributed by atoms with Crippen LogP contribution in [0, 0.1) is 6.92 Å². The van der Waals surface area contributed by atoms with Crippen LogP contribution >= 0.6 is 0 Å². The number of carbonyl (C=O) groups excluding carboxylic acids is 2. The number of hydrogen-bond acceptors (Lipinski definition) is 5. The molecular formula is C28H27NO5. The number of amides is 1. The van der Waals surface area contributed by atoms with E-state index in [-0.39, 0.29) is 17.9 Å². The van der Waals surface area contributed by atoms with Gasteiger partial charge in [0, 0.05) is 12.1 Å². The van der Waals surface area contributed by atoms with Crippen molar-refractivity contribution in [2.75, 3.05) is 13.7 Å². The molecule has 0 aromatic heterocycles. The zero-order valence-corrected chi connectivity index (χ0v) is 19.4. The van der Waals surface area contributed by atoms with E-state index in [9.17, 15) is 14.7 Å². The van der Waals surface area contributed by atoms with Gasteiger partial charge in [0.2, 0.25) is 0 Å². The third-order valence-corrected chi connectivity index (χ3v) is 5.86. The Balaban J connectivity index is 1.88. The summed E-state index contributed by atoms with van der Waals surface area (Å²) in [5, 5.41) is 11.2. The second-order valence-electron chi connectivity index (χ2n) is 8.12. The van der Waals surface area contributed by atoms with Gasteiger partial charge in [-0.3, -0.25) is 9.59 Å². The van der Waals surface area contributed by atoms with Crippen LogP contribution in [0.1, 0.15) is 35.2 Å². The molecule has 34 heavy (non-hydrogen) atoms. The first kappa shape index (κ1) is 23.1. The Labute approximate surface area is 199 Å². The average Bonchev–Trinajstić information content (AvgIpc) is 3.10. The molecule has 3 aromatic carbocycles. The number of methoxy groups -OCH3 is 1. The van der Waals surface area contributed by atoms with E-state index in [1.807, 2.05) is 56.3 Å². The Hall–Kier alpha value is -4.06. The van der Waals surface area contributed by atoms with Gasteiger partial charge in [-0.15, -0.1) is 0 Å². The van der Waals surface area contributed by atoms with Gasteiger partial charge in [-0.2, -0.15) is 0 Å². The molecule has 1 atom stereocenters. The summed E-state index contributed by atoms with van der Waals surface area (Å²) in [4.78, 5) is 27.9. The van der Waals surface area contributed by atoms with Crippen molar-refractivity contribution >= 4 is 17.4 Å². The van der Waals surface area contributed by atoms with Crippen LogP contribution in [0.15, 0.2) is 78.4 Å². The average molecular weight is 458 g/mol. The molecule has 3 aromatic rings. The number of rotatable bonds is 7. The predicted octanol–water partition coefficient (Wildman–Crippen LogP) is 5.02. The number of carbonyl (C=O) groups is 2. The summed E-state index contributed by atoms with van der Waals surface area (Å²) >= 11 is 0. The van der Waals surface area contributed by atoms with E-state index in [2.05, 4.69) is 0 Å². The Kier molecular flexibility index (Phi) is 6.68. The van der Waals surface area contributed by atoms with Gasteiger partial charge in [0.25, 0.3) is 11.7 Å². The fraction of sp³-hybridized carbons (Fsp3) is 0.214. The molecular weight excluding hydrogens is 430 g/mol. The van der Waals surface area contributed by atoms with Crippen molar-refractivity contribution in [2.24, 2.45) is 0 Å². The fourth-order valence-corrected chi connectivity index (χ4v) is 4.17. The van der Waals surface area contributed by atoms with E-state index >= 15 is 0 Å². The Morgan fingerprint density at radius 3 is 2.32 bits per heavy atom. The lowest BCUT2D eigenvalue weighted by Gasteiger charge is -2.26. The third kappa shape index (κ3) is 4.39. The van der Waals surface area contributed by atoms with E-state index < -0.39 is 17.7 Å². The lowest BCUT2D eigenvalue weighted by Crippen LogP contribution is -2.29. The smallest absolute Gasteiger partial charge is 0.295 e. The molecule has 0 saturated carbocycles. The maximum Gasteiger partial charge on any atom is 0.295 e. The molecule has 1 aliphatic rings. The maximum atomic E-state index is 13.2. The topological polar surface area (TPSA) is 76.1 Å². The van der Waals surface area contributed by atoms with Crippen molar-refractivity contribution in [3.05, 3.63) is 101 Å². The first-order valence-corrected chi connectivity index (χ1v) is 11.1. The molecule has 0 bridgehead atoms. The van der Waals surface area contributed by atoms with Crippen molar-refractivity contribution in [2.45, 2.75) is 26.4 Å². The molecule has 0 radical (unpaired) electrons. The molecule has 1 unspecified atom stereocenters. The first-order valence-electron chi connectivity index (χ1n) is 11.1. The molecule has 174 valence electrons. The number of Topliss-reactive ketones (excluding diaryl/α,β-unsaturated/α-hetero) is 1. The normalized spacial score (nSPS) is 17.1. The second kappa shape index (κ2) is 9.83. The molecule has 0 spiro atoms. The van der Waals surface area contributed by atoms with Gasteiger partial charge in [-0.25, -0.2) is 0 Å². The Morgan fingerprint density at radius 2 is 1.68 bits per heavy atom. The van der Waals surface area contributed by atoms with Crippen molar-refractivity contribution in [3.8, 4) is 11.5 Å². The van der Waals surface area contributed by atoms with Crippen molar-refractivity contribution < 1.29 is 24.2 Å². The summed E-state index contributed by atoms with van der Waals surface area (Å²) in [6, 6.07) is 21.2. The number of aryl methyl sites for hydroxylation is 1. The van der Waals surface area contributed by atoms with Crippen LogP contribution in [-0.4, -0.2) is 35.4 Å². The SMILES string of the molecule is CCOc1ccc(C2C(=C(O)c3ccc(C)cc3)C(=O)C(=O)N2Cc2ccccc2)cc1OC. The minimum absolute atomic E-state index is 0.0518. The summed E-state index contributed by atoms with van der Waals surface area (Å²) in [7, 11) is 1.54. The van der Waals surface area contributed by atoms with Gasteiger partial charge >= 0.3 is 0 Å². The van der Waals surface area contributed by atoms with Gasteiger partial charge in [-0.1, -0.05) is 66.2 Å². The predicted molar refractivity (Wildman–Crippen MR) is 130 cm³/mol. The van der Waals surface area contributed by atoms with E-state index in [1.54, 1.807) is 30.3 Å². The summed E-state index contributed by atoms with van der Waals surface area (Å²) in [6.07, 6.45) is 0. The molecule has 4 rings (SSSR count). The Bertz CT molecular complexity index is 1230. The highest BCUT2D eigenvalue weighted by molar-refractivity contribution is 6.46. The standard InChI is InChI=1S/C28H27NO5/c1-4-34-22-15-14-21(16-23(22)33-3)25-24(26(30)20-12-10-18(2)11-13-20)27(31)28(32)29(25)17-19-8-6-5-7-9-19/h5-16,25,30H,4,17H2,1-3H3. The summed E-state index contributed by atoms with van der Waals surface area (Å²) in [6.45, 7) is 4.50. The van der Waals surface area contributed by atoms with Crippen LogP contribution in [0.3, 0.4) is 0 Å². The van der Waals surface area contributed by atoms with Crippen molar-refractivity contribution in [3.63, 3.8) is 0 Å². The molecule has 1 saturated heterocycles. The Morgan fingerprint density at radius 1 is 0.971 bits per heavy atom. The molecule has 1 aliphatic heterocycles. The van der Waals surface area contributed by atoms with Crippen molar-refractivity contribution in [1.29, 1.82) is 0 Å². The van der Waals surface area contributed by atoms with Crippen molar-refractivity contribution in [1.82, 2.24) is 4.90 Å². The van der Waals surface area contributed by atoms with Gasteiger partial charge in [0.15, 0.2) is 11.5 Å². The minimum atomic E-state index is -0.786. The minimum Gasteiger partial charge on any atom is -0.507 e. The van der Waals surface area contributed by atoms with Gasteiger partial charge < -0.3 is 19.5 Å². The highest BCUT2D eigenvalue weighted by Gasteiger charge is 2.46. The van der Waals surface area contributed by atoms with E-state index in [4.69, 9.17) is 9.47 Å². The monoisotopic (exact) mass is 457 g/mol. The number of likely N-dealkylation sites (tertiary alicyclic amines) is 1. The van der Waals surface area contributed by atoms with E-state index in [0.29, 0.717) is 29.2 Å². The highest BCUT2D eigenvalue weighted by Crippen LogP contribution is 2.42. The van der Waals surface area contributed by atoms with Gasteiger partial charge in [0.1, 0.15) is 5.76 Å². The van der Waals surface area contributed by atoms with Crippen LogP contribution in [0.4, 0.5) is 0 Å². The number of ether oxygens (including phenoxy) is 2. The lowest BCUT2D eigenvalue weighted by molar-refractivity contribution is -0.140. The molecule has 1 heterocycles. The number of nitrogens with zero attached hydrogens (tertiary/aromatic N) is 1. The number of aliphatic hydroxyl groups is 1. The first-order chi connectivity index (χ1) is 16.4.